The number of carboxylic acids is 1. The third kappa shape index (κ3) is 4.46. The van der Waals surface area contributed by atoms with Crippen molar-refractivity contribution in [3.05, 3.63) is 29.3 Å². The molecule has 0 spiro atoms. The van der Waals surface area contributed by atoms with Gasteiger partial charge in [0.25, 0.3) is 0 Å². The standard InChI is InChI=1S/C17H22N2O4S/c1-4-19(5-2)8-9-23-15-10-12(22-3)6-7-13(15)16-18-14(11-24-16)17(20)21/h6-7,10-11H,4-5,8-9H2,1-3H3,(H,20,21). The van der Waals surface area contributed by atoms with E-state index < -0.39 is 5.97 Å². The van der Waals surface area contributed by atoms with Gasteiger partial charge in [-0.1, -0.05) is 13.8 Å². The summed E-state index contributed by atoms with van der Waals surface area (Å²) in [4.78, 5) is 17.5. The SMILES string of the molecule is CCN(CC)CCOc1cc(OC)ccc1-c1nc(C(=O)O)cs1. The highest BCUT2D eigenvalue weighted by molar-refractivity contribution is 7.13. The molecule has 130 valence electrons. The van der Waals surface area contributed by atoms with Gasteiger partial charge in [0.05, 0.1) is 12.7 Å². The molecular weight excluding hydrogens is 328 g/mol. The van der Waals surface area contributed by atoms with Crippen molar-refractivity contribution in [2.45, 2.75) is 13.8 Å². The summed E-state index contributed by atoms with van der Waals surface area (Å²) in [6, 6.07) is 5.46. The Morgan fingerprint density at radius 1 is 1.33 bits per heavy atom. The molecule has 0 aliphatic carbocycles. The maximum Gasteiger partial charge on any atom is 0.355 e. The fourth-order valence-electron chi connectivity index (χ4n) is 2.25. The average Bonchev–Trinajstić information content (AvgIpc) is 3.08. The van der Waals surface area contributed by atoms with Gasteiger partial charge in [-0.3, -0.25) is 0 Å². The van der Waals surface area contributed by atoms with Crippen molar-refractivity contribution >= 4 is 17.3 Å². The van der Waals surface area contributed by atoms with Crippen LogP contribution in [0.2, 0.25) is 0 Å². The van der Waals surface area contributed by atoms with Gasteiger partial charge < -0.3 is 19.5 Å². The predicted octanol–water partition coefficient (Wildman–Crippen LogP) is 3.24. The first-order valence-corrected chi connectivity index (χ1v) is 8.69. The van der Waals surface area contributed by atoms with Gasteiger partial charge in [0.15, 0.2) is 5.69 Å². The fraction of sp³-hybridized carbons (Fsp3) is 0.412. The summed E-state index contributed by atoms with van der Waals surface area (Å²) in [6.45, 7) is 7.53. The summed E-state index contributed by atoms with van der Waals surface area (Å²) < 4.78 is 11.2. The Hall–Kier alpha value is -2.12. The minimum atomic E-state index is -1.03. The van der Waals surface area contributed by atoms with Gasteiger partial charge in [-0.15, -0.1) is 11.3 Å². The quantitative estimate of drug-likeness (QED) is 0.748. The molecule has 0 fully saturated rings. The van der Waals surface area contributed by atoms with Crippen LogP contribution >= 0.6 is 11.3 Å². The summed E-state index contributed by atoms with van der Waals surface area (Å²) in [7, 11) is 1.60. The summed E-state index contributed by atoms with van der Waals surface area (Å²) in [5.41, 5.74) is 0.813. The molecule has 24 heavy (non-hydrogen) atoms. The number of thiazole rings is 1. The van der Waals surface area contributed by atoms with Crippen molar-refractivity contribution < 1.29 is 19.4 Å². The molecule has 0 radical (unpaired) electrons. The van der Waals surface area contributed by atoms with E-state index in [4.69, 9.17) is 14.6 Å². The van der Waals surface area contributed by atoms with Crippen molar-refractivity contribution in [2.75, 3.05) is 33.4 Å². The van der Waals surface area contributed by atoms with Crippen LogP contribution in [0.15, 0.2) is 23.6 Å². The Labute approximate surface area is 145 Å². The Morgan fingerprint density at radius 2 is 2.08 bits per heavy atom. The topological polar surface area (TPSA) is 71.9 Å². The van der Waals surface area contributed by atoms with E-state index in [2.05, 4.69) is 23.7 Å². The van der Waals surface area contributed by atoms with E-state index in [0.29, 0.717) is 23.1 Å². The van der Waals surface area contributed by atoms with Crippen LogP contribution in [0.25, 0.3) is 10.6 Å². The Balaban J connectivity index is 2.22. The number of carbonyl (C=O) groups is 1. The molecule has 1 N–H and O–H groups in total. The highest BCUT2D eigenvalue weighted by Crippen LogP contribution is 2.35. The smallest absolute Gasteiger partial charge is 0.355 e. The van der Waals surface area contributed by atoms with Gasteiger partial charge >= 0.3 is 5.97 Å². The van der Waals surface area contributed by atoms with Crippen LogP contribution in [0, 0.1) is 0 Å². The zero-order valence-electron chi connectivity index (χ0n) is 14.1. The highest BCUT2D eigenvalue weighted by atomic mass is 32.1. The molecule has 2 aromatic rings. The van der Waals surface area contributed by atoms with Crippen LogP contribution in [0.5, 0.6) is 11.5 Å². The van der Waals surface area contributed by atoms with Gasteiger partial charge in [0.2, 0.25) is 0 Å². The molecule has 1 aromatic carbocycles. The molecule has 0 bridgehead atoms. The molecule has 6 nitrogen and oxygen atoms in total. The largest absolute Gasteiger partial charge is 0.497 e. The Morgan fingerprint density at radius 3 is 2.67 bits per heavy atom. The van der Waals surface area contributed by atoms with Crippen LogP contribution in [0.1, 0.15) is 24.3 Å². The van der Waals surface area contributed by atoms with Crippen LogP contribution in [0.4, 0.5) is 0 Å². The molecule has 0 aliphatic rings. The second-order valence-electron chi connectivity index (χ2n) is 5.08. The van der Waals surface area contributed by atoms with Gasteiger partial charge in [0, 0.05) is 18.0 Å². The van der Waals surface area contributed by atoms with E-state index in [1.54, 1.807) is 13.2 Å². The van der Waals surface area contributed by atoms with Crippen LogP contribution in [-0.4, -0.2) is 54.3 Å². The summed E-state index contributed by atoms with van der Waals surface area (Å²) in [6.07, 6.45) is 0. The lowest BCUT2D eigenvalue weighted by Gasteiger charge is -2.19. The number of likely N-dealkylation sites (N-methyl/N-ethyl adjacent to an activating group) is 1. The lowest BCUT2D eigenvalue weighted by atomic mass is 10.2. The first kappa shape index (κ1) is 18.2. The molecular formula is C17H22N2O4S. The number of ether oxygens (including phenoxy) is 2. The first-order valence-electron chi connectivity index (χ1n) is 7.81. The second kappa shape index (κ2) is 8.65. The average molecular weight is 350 g/mol. The van der Waals surface area contributed by atoms with E-state index in [9.17, 15) is 4.79 Å². The molecule has 0 saturated heterocycles. The third-order valence-corrected chi connectivity index (χ3v) is 4.58. The summed E-state index contributed by atoms with van der Waals surface area (Å²) >= 11 is 1.28. The van der Waals surface area contributed by atoms with Gasteiger partial charge in [-0.05, 0) is 25.2 Å². The minimum Gasteiger partial charge on any atom is -0.497 e. The van der Waals surface area contributed by atoms with E-state index in [0.717, 1.165) is 25.2 Å². The Bertz CT molecular complexity index is 683. The molecule has 1 aromatic heterocycles. The zero-order chi connectivity index (χ0) is 17.5. The van der Waals surface area contributed by atoms with E-state index in [1.807, 2.05) is 12.1 Å². The minimum absolute atomic E-state index is 0.0416. The normalized spacial score (nSPS) is 10.8. The number of methoxy groups -OCH3 is 1. The number of benzene rings is 1. The lowest BCUT2D eigenvalue weighted by Crippen LogP contribution is -2.27. The summed E-state index contributed by atoms with van der Waals surface area (Å²) in [5.74, 6) is 0.300. The number of hydrogen-bond donors (Lipinski definition) is 1. The van der Waals surface area contributed by atoms with Crippen molar-refractivity contribution in [1.82, 2.24) is 9.88 Å². The maximum atomic E-state index is 11.0. The number of hydrogen-bond acceptors (Lipinski definition) is 6. The monoisotopic (exact) mass is 350 g/mol. The maximum absolute atomic E-state index is 11.0. The number of rotatable bonds is 9. The molecule has 0 atom stereocenters. The third-order valence-electron chi connectivity index (χ3n) is 3.70. The number of nitrogens with zero attached hydrogens (tertiary/aromatic N) is 2. The molecule has 1 heterocycles. The van der Waals surface area contributed by atoms with Crippen molar-refractivity contribution in [1.29, 1.82) is 0 Å². The number of aromatic nitrogens is 1. The first-order chi connectivity index (χ1) is 11.6. The van der Waals surface area contributed by atoms with Gasteiger partial charge in [-0.2, -0.15) is 0 Å². The molecule has 0 amide bonds. The summed E-state index contributed by atoms with van der Waals surface area (Å²) in [5, 5.41) is 11.2. The molecule has 2 rings (SSSR count). The molecule has 0 aliphatic heterocycles. The van der Waals surface area contributed by atoms with Gasteiger partial charge in [-0.25, -0.2) is 9.78 Å². The van der Waals surface area contributed by atoms with E-state index >= 15 is 0 Å². The number of carboxylic acid groups (broad SMARTS) is 1. The van der Waals surface area contributed by atoms with Crippen LogP contribution in [0.3, 0.4) is 0 Å². The lowest BCUT2D eigenvalue weighted by molar-refractivity contribution is 0.0691. The molecule has 0 saturated carbocycles. The van der Waals surface area contributed by atoms with E-state index in [-0.39, 0.29) is 5.69 Å². The Kier molecular flexibility index (Phi) is 6.57. The van der Waals surface area contributed by atoms with Crippen LogP contribution in [-0.2, 0) is 0 Å². The second-order valence-corrected chi connectivity index (χ2v) is 5.94. The van der Waals surface area contributed by atoms with Crippen LogP contribution < -0.4 is 9.47 Å². The van der Waals surface area contributed by atoms with E-state index in [1.165, 1.54) is 16.7 Å². The van der Waals surface area contributed by atoms with Crippen molar-refractivity contribution in [3.8, 4) is 22.1 Å². The van der Waals surface area contributed by atoms with Gasteiger partial charge in [0.1, 0.15) is 23.1 Å². The fourth-order valence-corrected chi connectivity index (χ4v) is 3.07. The molecule has 7 heteroatoms. The molecule has 0 unspecified atom stereocenters. The zero-order valence-corrected chi connectivity index (χ0v) is 14.9. The predicted molar refractivity (Wildman–Crippen MR) is 94.3 cm³/mol. The van der Waals surface area contributed by atoms with Crippen molar-refractivity contribution in [2.24, 2.45) is 0 Å². The highest BCUT2D eigenvalue weighted by Gasteiger charge is 2.15. The number of aromatic carboxylic acids is 1. The van der Waals surface area contributed by atoms with Crippen molar-refractivity contribution in [3.63, 3.8) is 0 Å².